The van der Waals surface area contributed by atoms with Crippen LogP contribution in [0.25, 0.3) is 0 Å². The lowest BCUT2D eigenvalue weighted by molar-refractivity contribution is 0.0980. The summed E-state index contributed by atoms with van der Waals surface area (Å²) in [6.45, 7) is 4.10. The molecular formula is C28H26ClN7O9S2. The first-order chi connectivity index (χ1) is 21.9. The van der Waals surface area contributed by atoms with Gasteiger partial charge >= 0.3 is 0 Å². The maximum absolute atomic E-state index is 13.8. The zero-order valence-electron chi connectivity index (χ0n) is 24.7. The minimum absolute atomic E-state index is 0.00251. The van der Waals surface area contributed by atoms with Crippen LogP contribution in [0.3, 0.4) is 0 Å². The molecule has 19 heteroatoms. The number of halogens is 1. The van der Waals surface area contributed by atoms with Gasteiger partial charge in [0.1, 0.15) is 9.79 Å². The molecule has 1 heterocycles. The van der Waals surface area contributed by atoms with Crippen molar-refractivity contribution in [1.82, 2.24) is 15.0 Å². The Balaban J connectivity index is 1.77. The number of aliphatic hydroxyl groups excluding tert-OH is 1. The monoisotopic (exact) mass is 703 g/mol. The summed E-state index contributed by atoms with van der Waals surface area (Å²) in [5, 5.41) is 17.3. The normalized spacial score (nSPS) is 12.8. The molecule has 1 aliphatic rings. The molecule has 1 aromatic heterocycles. The summed E-state index contributed by atoms with van der Waals surface area (Å²) in [7, 11) is -9.99. The van der Waals surface area contributed by atoms with Gasteiger partial charge < -0.3 is 26.8 Å². The number of nitrogens with one attached hydrogen (secondary N) is 3. The van der Waals surface area contributed by atoms with E-state index >= 15 is 0 Å². The molecule has 0 amide bonds. The molecule has 0 fully saturated rings. The van der Waals surface area contributed by atoms with Gasteiger partial charge in [-0.25, -0.2) is 0 Å². The van der Waals surface area contributed by atoms with Crippen LogP contribution in [0.4, 0.5) is 34.6 Å². The van der Waals surface area contributed by atoms with Gasteiger partial charge in [0.2, 0.25) is 17.2 Å². The van der Waals surface area contributed by atoms with E-state index in [1.54, 1.807) is 0 Å². The zero-order valence-corrected chi connectivity index (χ0v) is 27.1. The van der Waals surface area contributed by atoms with Crippen LogP contribution in [0, 0.1) is 20.8 Å². The molecule has 0 spiro atoms. The highest BCUT2D eigenvalue weighted by Gasteiger charge is 2.37. The van der Waals surface area contributed by atoms with Gasteiger partial charge in [-0.05, 0) is 55.1 Å². The highest BCUT2D eigenvalue weighted by Crippen LogP contribution is 2.44. The highest BCUT2D eigenvalue weighted by molar-refractivity contribution is 7.86. The Morgan fingerprint density at radius 1 is 0.809 bits per heavy atom. The van der Waals surface area contributed by atoms with E-state index in [0.29, 0.717) is 0 Å². The fraction of sp³-hybridized carbons (Fsp3) is 0.179. The molecule has 47 heavy (non-hydrogen) atoms. The van der Waals surface area contributed by atoms with Crippen LogP contribution in [0.2, 0.25) is 5.28 Å². The summed E-state index contributed by atoms with van der Waals surface area (Å²) in [5.74, 6) is -1.67. The number of benzene rings is 3. The number of hydrogen-bond acceptors (Lipinski definition) is 14. The Morgan fingerprint density at radius 3 is 1.91 bits per heavy atom. The molecule has 1 aliphatic carbocycles. The molecule has 246 valence electrons. The van der Waals surface area contributed by atoms with E-state index < -0.39 is 52.8 Å². The number of aromatic nitrogens is 3. The number of fused-ring (bicyclic) bond motifs is 2. The largest absolute Gasteiger partial charge is 0.397 e. The third kappa shape index (κ3) is 6.09. The van der Waals surface area contributed by atoms with Crippen molar-refractivity contribution in [1.29, 1.82) is 0 Å². The molecule has 0 saturated heterocycles. The molecule has 16 nitrogen and oxygen atoms in total. The van der Waals surface area contributed by atoms with Gasteiger partial charge in [-0.3, -0.25) is 18.7 Å². The summed E-state index contributed by atoms with van der Waals surface area (Å²) >= 11 is 6.04. The lowest BCUT2D eigenvalue weighted by Crippen LogP contribution is -2.25. The molecule has 8 N–H and O–H groups in total. The maximum Gasteiger partial charge on any atom is 0.296 e. The number of carbonyl (C=O) groups is 2. The first-order valence-electron chi connectivity index (χ1n) is 13.5. The lowest BCUT2D eigenvalue weighted by Gasteiger charge is -2.26. The Hall–Kier alpha value is -4.72. The number of carbonyl (C=O) groups excluding carboxylic acids is 2. The molecule has 0 unspecified atom stereocenters. The van der Waals surface area contributed by atoms with E-state index in [4.69, 9.17) is 22.4 Å². The van der Waals surface area contributed by atoms with Crippen molar-refractivity contribution in [2.45, 2.75) is 30.6 Å². The van der Waals surface area contributed by atoms with Crippen LogP contribution >= 0.6 is 11.6 Å². The second-order valence-corrected chi connectivity index (χ2v) is 13.4. The number of aliphatic hydroxyl groups is 1. The molecule has 4 aromatic rings. The van der Waals surface area contributed by atoms with Crippen LogP contribution in [-0.4, -0.2) is 70.7 Å². The first-order valence-corrected chi connectivity index (χ1v) is 16.8. The number of ketones is 2. The third-order valence-corrected chi connectivity index (χ3v) is 9.61. The molecular weight excluding hydrogens is 678 g/mol. The van der Waals surface area contributed by atoms with Gasteiger partial charge in [0.15, 0.2) is 11.6 Å². The van der Waals surface area contributed by atoms with Gasteiger partial charge in [0.25, 0.3) is 20.2 Å². The van der Waals surface area contributed by atoms with Crippen LogP contribution in [0.1, 0.15) is 48.5 Å². The Morgan fingerprint density at radius 2 is 1.36 bits per heavy atom. The van der Waals surface area contributed by atoms with E-state index in [1.165, 1.54) is 45.0 Å². The standard InChI is InChI=1S/C28H26ClN7O9S2/c1-11-21(12(2)25(47(43,44)45)13(3)22(11)33-28-35-26(29)34-27(36-28)31-8-9-37)32-16-10-17(46(40,41)42)20(30)19-18(16)23(38)14-6-4-5-7-15(14)24(19)39/h4-7,10,32,37H,8-9,30H2,1-3H3,(H,40,41,42)(H,43,44,45)(H2,31,33,34,35,36). The summed E-state index contributed by atoms with van der Waals surface area (Å²) in [4.78, 5) is 38.0. The molecule has 5 rings (SSSR count). The van der Waals surface area contributed by atoms with E-state index in [0.717, 1.165) is 6.07 Å². The minimum Gasteiger partial charge on any atom is -0.397 e. The van der Waals surface area contributed by atoms with Crippen LogP contribution in [0.5, 0.6) is 0 Å². The first kappa shape index (κ1) is 33.6. The SMILES string of the molecule is Cc1c(Nc2nc(Cl)nc(NCCO)n2)c(C)c(S(=O)(=O)O)c(C)c1Nc1cc(S(=O)(=O)O)c(N)c2c1C(=O)c1ccccc1C2=O. The fourth-order valence-electron chi connectivity index (χ4n) is 5.46. The van der Waals surface area contributed by atoms with Gasteiger partial charge in [-0.1, -0.05) is 24.3 Å². The van der Waals surface area contributed by atoms with E-state index in [1.807, 2.05) is 0 Å². The van der Waals surface area contributed by atoms with Crippen molar-refractivity contribution < 1.29 is 40.6 Å². The highest BCUT2D eigenvalue weighted by atomic mass is 35.5. The fourth-order valence-corrected chi connectivity index (χ4v) is 7.25. The lowest BCUT2D eigenvalue weighted by atomic mass is 9.82. The van der Waals surface area contributed by atoms with Gasteiger partial charge in [0, 0.05) is 23.4 Å². The molecule has 3 aromatic carbocycles. The number of nitrogens with two attached hydrogens (primary N) is 1. The quantitative estimate of drug-likeness (QED) is 0.0858. The number of hydrogen-bond donors (Lipinski definition) is 7. The van der Waals surface area contributed by atoms with Crippen molar-refractivity contribution in [3.05, 3.63) is 74.6 Å². The molecule has 0 atom stereocenters. The second-order valence-electron chi connectivity index (χ2n) is 10.3. The predicted octanol–water partition coefficient (Wildman–Crippen LogP) is 3.19. The Kier molecular flexibility index (Phi) is 8.69. The second kappa shape index (κ2) is 12.1. The minimum atomic E-state index is -5.06. The topological polar surface area (TPSA) is 264 Å². The van der Waals surface area contributed by atoms with Gasteiger partial charge in [-0.2, -0.15) is 31.8 Å². The van der Waals surface area contributed by atoms with Crippen LogP contribution in [-0.2, 0) is 20.2 Å². The van der Waals surface area contributed by atoms with Gasteiger partial charge in [0.05, 0.1) is 34.8 Å². The molecule has 0 saturated carbocycles. The van der Waals surface area contributed by atoms with E-state index in [2.05, 4.69) is 30.9 Å². The Labute approximate surface area is 272 Å². The van der Waals surface area contributed by atoms with E-state index in [-0.39, 0.29) is 80.8 Å². The average molecular weight is 704 g/mol. The third-order valence-electron chi connectivity index (χ3n) is 7.42. The molecule has 0 bridgehead atoms. The molecule has 0 aliphatic heterocycles. The number of anilines is 6. The average Bonchev–Trinajstić information content (AvgIpc) is 2.98. The number of rotatable bonds is 9. The molecule has 0 radical (unpaired) electrons. The summed E-state index contributed by atoms with van der Waals surface area (Å²) in [5.41, 5.74) is 4.49. The number of nitrogens with zero attached hydrogens (tertiary/aromatic N) is 3. The van der Waals surface area contributed by atoms with Crippen molar-refractivity contribution in [2.75, 3.05) is 34.8 Å². The summed E-state index contributed by atoms with van der Waals surface area (Å²) in [6, 6.07) is 6.66. The van der Waals surface area contributed by atoms with Crippen molar-refractivity contribution in [3.8, 4) is 0 Å². The predicted molar refractivity (Wildman–Crippen MR) is 171 cm³/mol. The van der Waals surface area contributed by atoms with E-state index in [9.17, 15) is 35.5 Å². The van der Waals surface area contributed by atoms with Gasteiger partial charge in [-0.15, -0.1) is 0 Å². The summed E-state index contributed by atoms with van der Waals surface area (Å²) < 4.78 is 70.5. The summed E-state index contributed by atoms with van der Waals surface area (Å²) in [6.07, 6.45) is 0. The zero-order chi connectivity index (χ0) is 34.6. The van der Waals surface area contributed by atoms with Crippen molar-refractivity contribution in [2.24, 2.45) is 0 Å². The smallest absolute Gasteiger partial charge is 0.296 e. The van der Waals surface area contributed by atoms with Crippen LogP contribution in [0.15, 0.2) is 40.1 Å². The Bertz CT molecular complexity index is 2250. The van der Waals surface area contributed by atoms with Crippen molar-refractivity contribution >= 4 is 78.0 Å². The van der Waals surface area contributed by atoms with Crippen molar-refractivity contribution in [3.63, 3.8) is 0 Å². The maximum atomic E-state index is 13.8. The van der Waals surface area contributed by atoms with Crippen LogP contribution < -0.4 is 21.7 Å². The number of nitrogen functional groups attached to an aromatic ring is 1.